The van der Waals surface area contributed by atoms with Gasteiger partial charge in [0.05, 0.1) is 12.1 Å². The molecule has 2 bridgehead atoms. The Morgan fingerprint density at radius 3 is 3.10 bits per heavy atom. The summed E-state index contributed by atoms with van der Waals surface area (Å²) in [7, 11) is 0. The summed E-state index contributed by atoms with van der Waals surface area (Å²) in [5.41, 5.74) is 8.88. The van der Waals surface area contributed by atoms with Crippen LogP contribution in [0.15, 0.2) is 29.3 Å². The summed E-state index contributed by atoms with van der Waals surface area (Å²) in [6.07, 6.45) is 2.46. The summed E-state index contributed by atoms with van der Waals surface area (Å²) in [5.74, 6) is 1.40. The van der Waals surface area contributed by atoms with Crippen molar-refractivity contribution >= 4 is 11.6 Å². The van der Waals surface area contributed by atoms with Crippen LogP contribution in [0.4, 0.5) is 5.69 Å². The highest BCUT2D eigenvalue weighted by atomic mass is 15.4. The molecule has 4 nitrogen and oxygen atoms in total. The fourth-order valence-corrected chi connectivity index (χ4v) is 4.28. The molecule has 1 aromatic rings. The summed E-state index contributed by atoms with van der Waals surface area (Å²) in [6, 6.07) is 8.66. The van der Waals surface area contributed by atoms with Gasteiger partial charge in [-0.15, -0.1) is 0 Å². The van der Waals surface area contributed by atoms with Crippen LogP contribution in [0.2, 0.25) is 0 Å². The number of guanidine groups is 1. The van der Waals surface area contributed by atoms with Gasteiger partial charge in [0, 0.05) is 18.8 Å². The van der Waals surface area contributed by atoms with E-state index in [1.807, 2.05) is 0 Å². The molecular weight excluding hydrogens is 248 g/mol. The summed E-state index contributed by atoms with van der Waals surface area (Å²) < 4.78 is 0. The van der Waals surface area contributed by atoms with Crippen molar-refractivity contribution in [2.75, 3.05) is 31.1 Å². The monoisotopic (exact) mass is 270 g/mol. The van der Waals surface area contributed by atoms with Gasteiger partial charge in [-0.25, -0.2) is 0 Å². The van der Waals surface area contributed by atoms with Crippen LogP contribution in [0, 0.1) is 12.8 Å². The predicted molar refractivity (Wildman–Crippen MR) is 82.0 cm³/mol. The molecule has 2 fully saturated rings. The molecule has 3 atom stereocenters. The minimum atomic E-state index is 0.130. The predicted octanol–water partition coefficient (Wildman–Crippen LogP) is 1.59. The Kier molecular flexibility index (Phi) is 2.58. The lowest BCUT2D eigenvalue weighted by Gasteiger charge is -2.46. The van der Waals surface area contributed by atoms with Crippen LogP contribution in [0.1, 0.15) is 18.4 Å². The number of rotatable bonds is 1. The van der Waals surface area contributed by atoms with Crippen LogP contribution >= 0.6 is 0 Å². The van der Waals surface area contributed by atoms with Crippen LogP contribution in [-0.4, -0.2) is 42.6 Å². The lowest BCUT2D eigenvalue weighted by Crippen LogP contribution is -2.60. The third kappa shape index (κ3) is 1.61. The van der Waals surface area contributed by atoms with Crippen molar-refractivity contribution in [1.29, 1.82) is 0 Å². The van der Waals surface area contributed by atoms with Crippen molar-refractivity contribution in [1.82, 2.24) is 4.90 Å². The number of anilines is 1. The van der Waals surface area contributed by atoms with E-state index in [4.69, 9.17) is 5.73 Å². The van der Waals surface area contributed by atoms with E-state index in [0.717, 1.165) is 6.54 Å². The summed E-state index contributed by atoms with van der Waals surface area (Å²) in [5, 5.41) is 0. The Morgan fingerprint density at radius 1 is 1.35 bits per heavy atom. The van der Waals surface area contributed by atoms with E-state index in [2.05, 4.69) is 46.0 Å². The molecule has 0 aliphatic carbocycles. The van der Waals surface area contributed by atoms with Gasteiger partial charge in [0.1, 0.15) is 0 Å². The van der Waals surface area contributed by atoms with Crippen LogP contribution in [0.3, 0.4) is 0 Å². The normalized spacial score (nSPS) is 35.6. The van der Waals surface area contributed by atoms with Gasteiger partial charge in [-0.1, -0.05) is 12.1 Å². The summed E-state index contributed by atoms with van der Waals surface area (Å²) in [4.78, 5) is 9.54. The van der Waals surface area contributed by atoms with Gasteiger partial charge < -0.3 is 15.5 Å². The van der Waals surface area contributed by atoms with Crippen molar-refractivity contribution < 1.29 is 0 Å². The van der Waals surface area contributed by atoms with E-state index in [-0.39, 0.29) is 5.54 Å². The molecule has 3 unspecified atom stereocenters. The Balaban J connectivity index is 1.77. The van der Waals surface area contributed by atoms with Crippen molar-refractivity contribution in [2.45, 2.75) is 25.3 Å². The van der Waals surface area contributed by atoms with Crippen LogP contribution in [-0.2, 0) is 0 Å². The molecule has 20 heavy (non-hydrogen) atoms. The zero-order valence-electron chi connectivity index (χ0n) is 12.0. The van der Waals surface area contributed by atoms with E-state index in [0.29, 0.717) is 11.9 Å². The van der Waals surface area contributed by atoms with E-state index in [1.165, 1.54) is 43.7 Å². The molecule has 1 aromatic carbocycles. The maximum atomic E-state index is 6.26. The number of benzene rings is 1. The number of hydrogen-bond donors (Lipinski definition) is 1. The number of nitrogens with two attached hydrogens (primary N) is 1. The second-order valence-corrected chi connectivity index (χ2v) is 6.49. The van der Waals surface area contributed by atoms with E-state index >= 15 is 0 Å². The number of aliphatic imine (C=N–C) groups is 1. The quantitative estimate of drug-likeness (QED) is 0.843. The van der Waals surface area contributed by atoms with Crippen molar-refractivity contribution in [2.24, 2.45) is 16.6 Å². The fraction of sp³-hybridized carbons (Fsp3) is 0.562. The third-order valence-electron chi connectivity index (χ3n) is 5.34. The topological polar surface area (TPSA) is 44.9 Å². The van der Waals surface area contributed by atoms with Gasteiger partial charge >= 0.3 is 0 Å². The average molecular weight is 270 g/mol. The molecular formula is C16H22N4. The fourth-order valence-electron chi connectivity index (χ4n) is 4.28. The SMILES string of the molecule is Cc1cccc(N2C(N)=NCC23CCN2CCC3C2)c1. The number of hydrogen-bond acceptors (Lipinski definition) is 4. The molecule has 106 valence electrons. The first-order valence-corrected chi connectivity index (χ1v) is 7.58. The number of nitrogens with zero attached hydrogens (tertiary/aromatic N) is 3. The zero-order valence-corrected chi connectivity index (χ0v) is 12.0. The molecule has 2 N–H and O–H groups in total. The van der Waals surface area contributed by atoms with Crippen LogP contribution in [0.25, 0.3) is 0 Å². The number of piperidine rings is 1. The standard InChI is InChI=1S/C16H22N4/c1-12-3-2-4-14(9-12)20-15(17)18-11-16(20)6-8-19-7-5-13(16)10-19/h2-4,9,13H,5-8,10-11H2,1H3,(H2,17,18). The largest absolute Gasteiger partial charge is 0.369 e. The minimum Gasteiger partial charge on any atom is -0.369 e. The molecule has 3 aliphatic rings. The van der Waals surface area contributed by atoms with Crippen molar-refractivity contribution in [3.63, 3.8) is 0 Å². The van der Waals surface area contributed by atoms with Gasteiger partial charge in [-0.3, -0.25) is 4.99 Å². The average Bonchev–Trinajstić information content (AvgIpc) is 2.98. The van der Waals surface area contributed by atoms with Gasteiger partial charge in [0.2, 0.25) is 0 Å². The van der Waals surface area contributed by atoms with E-state index in [9.17, 15) is 0 Å². The van der Waals surface area contributed by atoms with Gasteiger partial charge in [0.25, 0.3) is 0 Å². The van der Waals surface area contributed by atoms with E-state index in [1.54, 1.807) is 0 Å². The molecule has 0 saturated carbocycles. The highest BCUT2D eigenvalue weighted by Gasteiger charge is 2.53. The second-order valence-electron chi connectivity index (χ2n) is 6.49. The molecule has 2 saturated heterocycles. The maximum Gasteiger partial charge on any atom is 0.196 e. The summed E-state index contributed by atoms with van der Waals surface area (Å²) >= 11 is 0. The van der Waals surface area contributed by atoms with Crippen LogP contribution < -0.4 is 10.6 Å². The molecule has 0 amide bonds. The first-order valence-electron chi connectivity index (χ1n) is 7.58. The highest BCUT2D eigenvalue weighted by molar-refractivity contribution is 5.98. The van der Waals surface area contributed by atoms with Crippen molar-refractivity contribution in [3.8, 4) is 0 Å². The Hall–Kier alpha value is -1.55. The molecule has 4 rings (SSSR count). The lowest BCUT2D eigenvalue weighted by atomic mass is 9.77. The first kappa shape index (κ1) is 12.2. The highest BCUT2D eigenvalue weighted by Crippen LogP contribution is 2.44. The first-order chi connectivity index (χ1) is 9.69. The van der Waals surface area contributed by atoms with Gasteiger partial charge in [0.15, 0.2) is 5.96 Å². The molecule has 0 radical (unpaired) electrons. The lowest BCUT2D eigenvalue weighted by molar-refractivity contribution is 0.182. The van der Waals surface area contributed by atoms with Crippen molar-refractivity contribution in [3.05, 3.63) is 29.8 Å². The minimum absolute atomic E-state index is 0.130. The third-order valence-corrected chi connectivity index (χ3v) is 5.34. The number of aryl methyl sites for hydroxylation is 1. The zero-order chi connectivity index (χ0) is 13.7. The Labute approximate surface area is 120 Å². The van der Waals surface area contributed by atoms with Gasteiger partial charge in [-0.2, -0.15) is 0 Å². The molecule has 4 heteroatoms. The Bertz CT molecular complexity index is 567. The molecule has 1 spiro atoms. The second kappa shape index (κ2) is 4.22. The van der Waals surface area contributed by atoms with E-state index < -0.39 is 0 Å². The molecule has 3 aliphatic heterocycles. The number of fused-ring (bicyclic) bond motifs is 3. The molecule has 0 aromatic heterocycles. The molecule has 3 heterocycles. The summed E-state index contributed by atoms with van der Waals surface area (Å²) in [6.45, 7) is 6.64. The Morgan fingerprint density at radius 2 is 2.25 bits per heavy atom. The van der Waals surface area contributed by atoms with Crippen LogP contribution in [0.5, 0.6) is 0 Å². The smallest absolute Gasteiger partial charge is 0.196 e. The van der Waals surface area contributed by atoms with Gasteiger partial charge in [-0.05, 0) is 49.9 Å². The maximum absolute atomic E-state index is 6.26.